The quantitative estimate of drug-likeness (QED) is 0.0558. The molecule has 0 radical (unpaired) electrons. The summed E-state index contributed by atoms with van der Waals surface area (Å²) >= 11 is 0. The molecule has 4 amide bonds. The van der Waals surface area contributed by atoms with E-state index in [1.165, 1.54) is 26.5 Å². The van der Waals surface area contributed by atoms with E-state index >= 15 is 0 Å². The van der Waals surface area contributed by atoms with Gasteiger partial charge in [0.25, 0.3) is 5.91 Å². The second-order valence-corrected chi connectivity index (χ2v) is 18.6. The fourth-order valence-corrected chi connectivity index (χ4v) is 9.78. The van der Waals surface area contributed by atoms with Crippen molar-refractivity contribution in [2.45, 2.75) is 103 Å². The Morgan fingerprint density at radius 3 is 2.11 bits per heavy atom. The third-order valence-corrected chi connectivity index (χ3v) is 13.5. The van der Waals surface area contributed by atoms with Crippen molar-refractivity contribution < 1.29 is 48.0 Å². The Balaban J connectivity index is 0.938. The van der Waals surface area contributed by atoms with Crippen LogP contribution in [-0.4, -0.2) is 85.7 Å². The first-order valence-electron chi connectivity index (χ1n) is 24.2. The Hall–Kier alpha value is -7.92. The van der Waals surface area contributed by atoms with Crippen LogP contribution in [0.3, 0.4) is 0 Å². The molecule has 17 heteroatoms. The molecule has 0 bridgehead atoms. The van der Waals surface area contributed by atoms with Gasteiger partial charge in [-0.05, 0) is 105 Å². The standard InChI is InChI=1S/C55H59N7O10/c1-31(63)12-6-11-17-51(64)58-32(2)52(65)59-33(3)53(66)60-38-19-34(29-71-49-25-43-41(23-47(49)69-4)54(67)61-39(27-56-43)21-36-13-7-9-15-45(36)61)18-35(20-38)30-72-50-26-44-42(24-48(50)70-5)55(68)62-40(28-57-44)22-37-14-8-10-16-46(37)62/h7-10,13-16,18-20,23-27,32-33,39-40,55,57,68H,6,11-12,17,21-22,28-30H2,1-5H3,(H,58,64)(H,59,65)(H,60,66)/t32-,33-,39-,40-,55?/m0/s1. The minimum atomic E-state index is -1.00. The lowest BCUT2D eigenvalue weighted by Gasteiger charge is -2.30. The molecule has 0 saturated heterocycles. The van der Waals surface area contributed by atoms with Gasteiger partial charge in [0.2, 0.25) is 17.7 Å². The number of para-hydroxylation sites is 2. The first-order chi connectivity index (χ1) is 34.8. The zero-order chi connectivity index (χ0) is 50.6. The smallest absolute Gasteiger partial charge is 0.261 e. The van der Waals surface area contributed by atoms with Crippen molar-refractivity contribution in [1.29, 1.82) is 0 Å². The number of carbonyl (C=O) groups is 5. The summed E-state index contributed by atoms with van der Waals surface area (Å²) in [7, 11) is 3.04. The predicted molar refractivity (Wildman–Crippen MR) is 273 cm³/mol. The predicted octanol–water partition coefficient (Wildman–Crippen LogP) is 7.09. The lowest BCUT2D eigenvalue weighted by atomic mass is 10.1. The topological polar surface area (TPSA) is 209 Å². The van der Waals surface area contributed by atoms with Gasteiger partial charge in [0.05, 0.1) is 37.6 Å². The van der Waals surface area contributed by atoms with Gasteiger partial charge in [-0.25, -0.2) is 0 Å². The van der Waals surface area contributed by atoms with Crippen molar-refractivity contribution in [3.63, 3.8) is 0 Å². The number of fused-ring (bicyclic) bond motifs is 8. The van der Waals surface area contributed by atoms with Crippen molar-refractivity contribution in [3.05, 3.63) is 124 Å². The number of nitrogens with zero attached hydrogens (tertiary/aromatic N) is 3. The molecule has 17 nitrogen and oxygen atoms in total. The maximum atomic E-state index is 14.1. The molecule has 5 N–H and O–H groups in total. The molecule has 0 fully saturated rings. The van der Waals surface area contributed by atoms with Crippen molar-refractivity contribution in [3.8, 4) is 23.0 Å². The second-order valence-electron chi connectivity index (χ2n) is 18.6. The zero-order valence-electron chi connectivity index (χ0n) is 41.0. The van der Waals surface area contributed by atoms with Crippen molar-refractivity contribution in [2.24, 2.45) is 4.99 Å². The van der Waals surface area contributed by atoms with Gasteiger partial charge in [0.15, 0.2) is 29.2 Å². The SMILES string of the molecule is COc1cc2c(cc1OCc1cc(COc3cc4c(cc3OC)C(O)N3c5ccccc5C[C@H]3CN4)cc(NC(=O)[C@H](C)NC(=O)[C@H](C)NC(=O)CCCCC(C)=O)c1)N=C[C@@H]1Cc3ccccc3N1C2=O. The Bertz CT molecular complexity index is 2960. The van der Waals surface area contributed by atoms with Crippen molar-refractivity contribution in [2.75, 3.05) is 41.2 Å². The van der Waals surface area contributed by atoms with Crippen molar-refractivity contribution in [1.82, 2.24) is 10.6 Å². The van der Waals surface area contributed by atoms with Crippen molar-refractivity contribution >= 4 is 64.1 Å². The van der Waals surface area contributed by atoms with Crippen LogP contribution in [0.2, 0.25) is 0 Å². The Morgan fingerprint density at radius 1 is 0.764 bits per heavy atom. The number of amides is 4. The Kier molecular flexibility index (Phi) is 14.5. The highest BCUT2D eigenvalue weighted by Crippen LogP contribution is 2.45. The first kappa shape index (κ1) is 49.1. The maximum Gasteiger partial charge on any atom is 0.261 e. The number of aliphatic imine (C=N–C) groups is 1. The summed E-state index contributed by atoms with van der Waals surface area (Å²) in [6.45, 7) is 5.19. The normalized spacial score (nSPS) is 17.8. The summed E-state index contributed by atoms with van der Waals surface area (Å²) < 4.78 is 24.5. The number of benzene rings is 5. The average Bonchev–Trinajstić information content (AvgIpc) is 3.86. The van der Waals surface area contributed by atoms with E-state index in [1.807, 2.05) is 59.5 Å². The second kappa shape index (κ2) is 21.2. The monoisotopic (exact) mass is 977 g/mol. The van der Waals surface area contributed by atoms with Crippen LogP contribution in [0.5, 0.6) is 23.0 Å². The summed E-state index contributed by atoms with van der Waals surface area (Å²) in [5.41, 5.74) is 7.95. The molecule has 0 saturated carbocycles. The molecule has 72 heavy (non-hydrogen) atoms. The third kappa shape index (κ3) is 10.4. The number of hydrogen-bond donors (Lipinski definition) is 5. The number of rotatable bonds is 18. The van der Waals surface area contributed by atoms with Gasteiger partial charge in [-0.1, -0.05) is 36.4 Å². The fraction of sp³-hybridized carbons (Fsp3) is 0.345. The molecule has 4 heterocycles. The van der Waals surface area contributed by atoms with E-state index in [4.69, 9.17) is 23.9 Å². The fourth-order valence-electron chi connectivity index (χ4n) is 9.78. The molecule has 0 aromatic heterocycles. The lowest BCUT2D eigenvalue weighted by Crippen LogP contribution is -2.50. The third-order valence-electron chi connectivity index (χ3n) is 13.5. The minimum Gasteiger partial charge on any atom is -0.493 e. The van der Waals surface area contributed by atoms with Gasteiger partial charge in [0, 0.05) is 72.5 Å². The molecule has 0 aliphatic carbocycles. The number of ether oxygens (including phenoxy) is 4. The average molecular weight is 978 g/mol. The summed E-state index contributed by atoms with van der Waals surface area (Å²) in [5, 5.41) is 23.6. The van der Waals surface area contributed by atoms with Gasteiger partial charge >= 0.3 is 0 Å². The van der Waals surface area contributed by atoms with Gasteiger partial charge in [-0.3, -0.25) is 29.1 Å². The van der Waals surface area contributed by atoms with E-state index in [2.05, 4.69) is 27.3 Å². The summed E-state index contributed by atoms with van der Waals surface area (Å²) in [6.07, 6.45) is 3.96. The van der Waals surface area contributed by atoms with E-state index in [9.17, 15) is 29.1 Å². The number of ketones is 1. The molecule has 5 atom stereocenters. The number of aliphatic hydroxyl groups excluding tert-OH is 1. The van der Waals surface area contributed by atoms with E-state index in [0.717, 1.165) is 23.4 Å². The number of methoxy groups -OCH3 is 2. The van der Waals surface area contributed by atoms with Crippen LogP contribution >= 0.6 is 0 Å². The Labute approximate surface area is 417 Å². The number of anilines is 4. The van der Waals surface area contributed by atoms with Gasteiger partial charge < -0.3 is 55.0 Å². The van der Waals surface area contributed by atoms with Crippen LogP contribution in [0, 0.1) is 0 Å². The largest absolute Gasteiger partial charge is 0.493 e. The van der Waals surface area contributed by atoms with Gasteiger partial charge in [-0.2, -0.15) is 0 Å². The molecule has 9 rings (SSSR count). The number of unbranched alkanes of at least 4 members (excludes halogenated alkanes) is 1. The van der Waals surface area contributed by atoms with E-state index in [1.54, 1.807) is 55.5 Å². The molecule has 4 aliphatic heterocycles. The highest BCUT2D eigenvalue weighted by molar-refractivity contribution is 6.14. The van der Waals surface area contributed by atoms with Crippen LogP contribution in [0.15, 0.2) is 96.0 Å². The molecule has 4 aliphatic rings. The lowest BCUT2D eigenvalue weighted by molar-refractivity contribution is -0.130. The number of aliphatic hydroxyl groups is 1. The van der Waals surface area contributed by atoms with Crippen LogP contribution in [-0.2, 0) is 45.2 Å². The number of hydrogen-bond acceptors (Lipinski definition) is 13. The highest BCUT2D eigenvalue weighted by atomic mass is 16.5. The molecule has 5 aromatic carbocycles. The van der Waals surface area contributed by atoms with Crippen LogP contribution in [0.25, 0.3) is 0 Å². The number of nitrogens with one attached hydrogen (secondary N) is 4. The summed E-state index contributed by atoms with van der Waals surface area (Å²) in [5.74, 6) is -0.0128. The van der Waals surface area contributed by atoms with Crippen LogP contribution < -0.4 is 50.0 Å². The molecule has 0 spiro atoms. The Morgan fingerprint density at radius 2 is 1.40 bits per heavy atom. The molecule has 5 aromatic rings. The van der Waals surface area contributed by atoms with Gasteiger partial charge in [0.1, 0.15) is 31.1 Å². The zero-order valence-corrected chi connectivity index (χ0v) is 41.0. The van der Waals surface area contributed by atoms with E-state index in [0.29, 0.717) is 94.5 Å². The number of Topliss-reactive ketones (excluding diaryl/α,β-unsaturated/α-hetero) is 1. The molecular formula is C55H59N7O10. The summed E-state index contributed by atoms with van der Waals surface area (Å²) in [6, 6.07) is 26.1. The van der Waals surface area contributed by atoms with Gasteiger partial charge in [-0.15, -0.1) is 0 Å². The molecule has 374 valence electrons. The first-order valence-corrected chi connectivity index (χ1v) is 24.2. The summed E-state index contributed by atoms with van der Waals surface area (Å²) in [4.78, 5) is 73.2. The van der Waals surface area contributed by atoms with Crippen LogP contribution in [0.4, 0.5) is 28.4 Å². The molecular weight excluding hydrogens is 919 g/mol. The maximum absolute atomic E-state index is 14.1. The molecule has 1 unspecified atom stereocenters. The van der Waals surface area contributed by atoms with Crippen LogP contribution in [0.1, 0.15) is 90.9 Å². The number of carbonyl (C=O) groups excluding carboxylic acids is 5. The highest BCUT2D eigenvalue weighted by Gasteiger charge is 2.39. The van der Waals surface area contributed by atoms with E-state index < -0.39 is 30.1 Å². The van der Waals surface area contributed by atoms with E-state index in [-0.39, 0.29) is 49.3 Å². The minimum absolute atomic E-state index is 0.00529.